The number of nitrogens with zero attached hydrogens (tertiary/aromatic N) is 3. The van der Waals surface area contributed by atoms with Crippen LogP contribution in [0.4, 0.5) is 0 Å². The molecule has 2 aliphatic rings. The number of pyridine rings is 2. The number of hydrogen-bond acceptors (Lipinski definition) is 4. The Morgan fingerprint density at radius 3 is 2.09 bits per heavy atom. The first-order chi connectivity index (χ1) is 11.3. The summed E-state index contributed by atoms with van der Waals surface area (Å²) in [5.41, 5.74) is 2.13. The van der Waals surface area contributed by atoms with Crippen molar-refractivity contribution in [2.45, 2.75) is 13.1 Å². The Labute approximate surface area is 135 Å². The van der Waals surface area contributed by atoms with Crippen LogP contribution in [0, 0.1) is 17.8 Å². The zero-order valence-corrected chi connectivity index (χ0v) is 12.9. The Balaban J connectivity index is 1.52. The molecule has 1 saturated heterocycles. The van der Waals surface area contributed by atoms with Gasteiger partial charge in [-0.05, 0) is 48.2 Å². The molecule has 5 nitrogen and oxygen atoms in total. The van der Waals surface area contributed by atoms with Gasteiger partial charge in [0.2, 0.25) is 5.91 Å². The maximum Gasteiger partial charge on any atom is 0.226 e. The maximum atomic E-state index is 13.0. The van der Waals surface area contributed by atoms with Crippen molar-refractivity contribution in [2.24, 2.45) is 17.8 Å². The van der Waals surface area contributed by atoms with E-state index in [0.717, 1.165) is 24.2 Å². The lowest BCUT2D eigenvalue weighted by Crippen LogP contribution is -2.34. The summed E-state index contributed by atoms with van der Waals surface area (Å²) < 4.78 is 0. The topological polar surface area (TPSA) is 58.1 Å². The van der Waals surface area contributed by atoms with Crippen molar-refractivity contribution in [1.82, 2.24) is 20.2 Å². The fraction of sp³-hybridized carbons (Fsp3) is 0.389. The Morgan fingerprint density at radius 2 is 1.61 bits per heavy atom. The van der Waals surface area contributed by atoms with E-state index in [9.17, 15) is 4.79 Å². The van der Waals surface area contributed by atoms with E-state index in [2.05, 4.69) is 15.3 Å². The number of amides is 1. The van der Waals surface area contributed by atoms with Crippen LogP contribution in [0.25, 0.3) is 0 Å². The molecule has 5 heteroatoms. The highest BCUT2D eigenvalue weighted by molar-refractivity contribution is 5.82. The zero-order chi connectivity index (χ0) is 15.6. The van der Waals surface area contributed by atoms with Crippen LogP contribution in [-0.4, -0.2) is 33.9 Å². The standard InChI is InChI=1S/C18H20N4O/c23-18(17-15-9-21-10-16(15)17)22(11-13-3-1-5-19-7-13)12-14-4-2-6-20-8-14/h1-8,15-17,21H,9-12H2/t15-,16+,17?. The number of hydrogen-bond donors (Lipinski definition) is 1. The second-order valence-corrected chi connectivity index (χ2v) is 6.43. The van der Waals surface area contributed by atoms with Crippen molar-refractivity contribution < 1.29 is 4.79 Å². The van der Waals surface area contributed by atoms with E-state index < -0.39 is 0 Å². The highest BCUT2D eigenvalue weighted by Gasteiger charge is 2.57. The minimum Gasteiger partial charge on any atom is -0.334 e. The van der Waals surface area contributed by atoms with Gasteiger partial charge < -0.3 is 10.2 Å². The van der Waals surface area contributed by atoms with Crippen molar-refractivity contribution in [1.29, 1.82) is 0 Å². The molecule has 0 spiro atoms. The van der Waals surface area contributed by atoms with Crippen LogP contribution < -0.4 is 5.32 Å². The molecule has 1 amide bonds. The molecule has 0 aromatic carbocycles. The van der Waals surface area contributed by atoms with Gasteiger partial charge in [0.15, 0.2) is 0 Å². The molecule has 2 fully saturated rings. The van der Waals surface area contributed by atoms with Crippen molar-refractivity contribution in [2.75, 3.05) is 13.1 Å². The Hall–Kier alpha value is -2.27. The Morgan fingerprint density at radius 1 is 1.04 bits per heavy atom. The molecule has 2 aromatic heterocycles. The van der Waals surface area contributed by atoms with Crippen LogP contribution in [0.5, 0.6) is 0 Å². The number of fused-ring (bicyclic) bond motifs is 1. The number of piperidine rings is 1. The van der Waals surface area contributed by atoms with E-state index in [1.807, 2.05) is 41.6 Å². The fourth-order valence-corrected chi connectivity index (χ4v) is 3.63. The normalized spacial score (nSPS) is 25.0. The van der Waals surface area contributed by atoms with Crippen molar-refractivity contribution in [3.63, 3.8) is 0 Å². The minimum absolute atomic E-state index is 0.199. The fourth-order valence-electron chi connectivity index (χ4n) is 3.63. The van der Waals surface area contributed by atoms with E-state index in [0.29, 0.717) is 24.9 Å². The summed E-state index contributed by atoms with van der Waals surface area (Å²) in [6.45, 7) is 3.17. The lowest BCUT2D eigenvalue weighted by Gasteiger charge is -2.24. The number of rotatable bonds is 5. The third-order valence-corrected chi connectivity index (χ3v) is 4.88. The van der Waals surface area contributed by atoms with Gasteiger partial charge in [-0.1, -0.05) is 12.1 Å². The molecule has 0 bridgehead atoms. The van der Waals surface area contributed by atoms with Gasteiger partial charge in [0.25, 0.3) is 0 Å². The van der Waals surface area contributed by atoms with Crippen LogP contribution in [0.1, 0.15) is 11.1 Å². The average molecular weight is 308 g/mol. The molecule has 1 saturated carbocycles. The molecule has 1 aliphatic carbocycles. The SMILES string of the molecule is O=C(C1[C@H]2CNC[C@@H]12)N(Cc1cccnc1)Cc1cccnc1. The van der Waals surface area contributed by atoms with Crippen LogP contribution in [0.15, 0.2) is 49.1 Å². The molecule has 3 heterocycles. The molecule has 23 heavy (non-hydrogen) atoms. The third kappa shape index (κ3) is 2.97. The number of carbonyl (C=O) groups is 1. The summed E-state index contributed by atoms with van der Waals surface area (Å²) >= 11 is 0. The second kappa shape index (κ2) is 6.08. The molecule has 3 atom stereocenters. The maximum absolute atomic E-state index is 13.0. The van der Waals surface area contributed by atoms with E-state index in [-0.39, 0.29) is 11.8 Å². The van der Waals surface area contributed by atoms with Gasteiger partial charge in [-0.3, -0.25) is 14.8 Å². The third-order valence-electron chi connectivity index (χ3n) is 4.88. The Kier molecular flexibility index (Phi) is 3.79. The highest BCUT2D eigenvalue weighted by atomic mass is 16.2. The predicted molar refractivity (Wildman–Crippen MR) is 86.1 cm³/mol. The van der Waals surface area contributed by atoms with Gasteiger partial charge in [0.05, 0.1) is 0 Å². The van der Waals surface area contributed by atoms with E-state index >= 15 is 0 Å². The first-order valence-corrected chi connectivity index (χ1v) is 8.10. The van der Waals surface area contributed by atoms with Gasteiger partial charge >= 0.3 is 0 Å². The van der Waals surface area contributed by atoms with Gasteiger partial charge in [-0.15, -0.1) is 0 Å². The lowest BCUT2D eigenvalue weighted by atomic mass is 10.1. The van der Waals surface area contributed by atoms with Gasteiger partial charge in [0.1, 0.15) is 0 Å². The number of carbonyl (C=O) groups excluding carboxylic acids is 1. The van der Waals surface area contributed by atoms with Crippen LogP contribution in [0.2, 0.25) is 0 Å². The smallest absolute Gasteiger partial charge is 0.226 e. The average Bonchev–Trinajstić information content (AvgIpc) is 3.07. The van der Waals surface area contributed by atoms with Crippen molar-refractivity contribution in [3.05, 3.63) is 60.2 Å². The van der Waals surface area contributed by atoms with Gasteiger partial charge in [-0.25, -0.2) is 0 Å². The molecule has 4 rings (SSSR count). The summed E-state index contributed by atoms with van der Waals surface area (Å²) in [7, 11) is 0. The number of nitrogens with one attached hydrogen (secondary N) is 1. The molecule has 1 aliphatic heterocycles. The molecular formula is C18H20N4O. The first-order valence-electron chi connectivity index (χ1n) is 8.10. The first kappa shape index (κ1) is 14.3. The summed E-state index contributed by atoms with van der Waals surface area (Å²) in [5.74, 6) is 1.54. The van der Waals surface area contributed by atoms with E-state index in [4.69, 9.17) is 0 Å². The van der Waals surface area contributed by atoms with E-state index in [1.54, 1.807) is 12.4 Å². The van der Waals surface area contributed by atoms with E-state index in [1.165, 1.54) is 0 Å². The number of aromatic nitrogens is 2. The van der Waals surface area contributed by atoms with Crippen molar-refractivity contribution in [3.8, 4) is 0 Å². The largest absolute Gasteiger partial charge is 0.334 e. The molecule has 0 radical (unpaired) electrons. The minimum atomic E-state index is 0.199. The summed E-state index contributed by atoms with van der Waals surface area (Å²) in [6.07, 6.45) is 7.18. The lowest BCUT2D eigenvalue weighted by molar-refractivity contribution is -0.134. The van der Waals surface area contributed by atoms with Crippen molar-refractivity contribution >= 4 is 5.91 Å². The monoisotopic (exact) mass is 308 g/mol. The molecule has 1 unspecified atom stereocenters. The van der Waals surface area contributed by atoms with Crippen LogP contribution >= 0.6 is 0 Å². The second-order valence-electron chi connectivity index (χ2n) is 6.43. The highest BCUT2D eigenvalue weighted by Crippen LogP contribution is 2.49. The molecular weight excluding hydrogens is 288 g/mol. The van der Waals surface area contributed by atoms with Crippen LogP contribution in [-0.2, 0) is 17.9 Å². The van der Waals surface area contributed by atoms with Crippen LogP contribution in [0.3, 0.4) is 0 Å². The zero-order valence-electron chi connectivity index (χ0n) is 12.9. The summed E-state index contributed by atoms with van der Waals surface area (Å²) in [5, 5.41) is 3.35. The molecule has 2 aromatic rings. The Bertz CT molecular complexity index is 624. The summed E-state index contributed by atoms with van der Waals surface area (Å²) in [4.78, 5) is 23.3. The summed E-state index contributed by atoms with van der Waals surface area (Å²) in [6, 6.07) is 7.87. The van der Waals surface area contributed by atoms with Gasteiger partial charge in [-0.2, -0.15) is 0 Å². The molecule has 118 valence electrons. The molecule has 1 N–H and O–H groups in total. The predicted octanol–water partition coefficient (Wildman–Crippen LogP) is 1.47. The quantitative estimate of drug-likeness (QED) is 0.909. The van der Waals surface area contributed by atoms with Gasteiger partial charge in [0, 0.05) is 43.8 Å².